The number of hydrogen-bond acceptors (Lipinski definition) is 5. The summed E-state index contributed by atoms with van der Waals surface area (Å²) in [6, 6.07) is 10.1. The maximum Gasteiger partial charge on any atom is 0.416 e. The monoisotopic (exact) mass is 415 g/mol. The van der Waals surface area contributed by atoms with Gasteiger partial charge in [0.2, 0.25) is 0 Å². The highest BCUT2D eigenvalue weighted by molar-refractivity contribution is 5.77. The maximum atomic E-state index is 13.0. The second-order valence-corrected chi connectivity index (χ2v) is 6.62. The Kier molecular flexibility index (Phi) is 5.03. The van der Waals surface area contributed by atoms with Gasteiger partial charge in [0, 0.05) is 23.5 Å². The second-order valence-electron chi connectivity index (χ2n) is 6.62. The van der Waals surface area contributed by atoms with E-state index in [1.54, 1.807) is 36.7 Å². The molecule has 0 saturated carbocycles. The fourth-order valence-electron chi connectivity index (χ4n) is 3.21. The van der Waals surface area contributed by atoms with Crippen molar-refractivity contribution in [2.24, 2.45) is 0 Å². The molecule has 2 aromatic carbocycles. The summed E-state index contributed by atoms with van der Waals surface area (Å²) in [4.78, 5) is 21.9. The molecule has 0 bridgehead atoms. The topological polar surface area (TPSA) is 64.5 Å². The van der Waals surface area contributed by atoms with Crippen LogP contribution < -0.4 is 9.47 Å². The summed E-state index contributed by atoms with van der Waals surface area (Å²) >= 11 is 0. The van der Waals surface area contributed by atoms with Crippen LogP contribution in [-0.2, 0) is 19.3 Å². The number of halogens is 3. The van der Waals surface area contributed by atoms with E-state index in [-0.39, 0.29) is 18.8 Å². The van der Waals surface area contributed by atoms with Gasteiger partial charge in [-0.05, 0) is 35.9 Å². The maximum absolute atomic E-state index is 13.0. The van der Waals surface area contributed by atoms with Gasteiger partial charge in [-0.3, -0.25) is 4.90 Å². The molecular weight excluding hydrogens is 399 g/mol. The molecule has 1 aliphatic heterocycles. The van der Waals surface area contributed by atoms with Gasteiger partial charge in [0.25, 0.3) is 0 Å². The molecule has 6 nitrogen and oxygen atoms in total. The van der Waals surface area contributed by atoms with E-state index in [1.807, 2.05) is 0 Å². The number of ether oxygens (including phenoxy) is 2. The van der Waals surface area contributed by atoms with E-state index < -0.39 is 17.8 Å². The number of alkyl halides is 3. The van der Waals surface area contributed by atoms with Crippen molar-refractivity contribution < 1.29 is 27.4 Å². The molecule has 30 heavy (non-hydrogen) atoms. The number of carbonyl (C=O) groups excluding carboxylic acids is 1. The van der Waals surface area contributed by atoms with Crippen molar-refractivity contribution in [3.05, 3.63) is 71.8 Å². The Balaban J connectivity index is 1.65. The Morgan fingerprint density at radius 3 is 2.60 bits per heavy atom. The number of methoxy groups -OCH3 is 1. The van der Waals surface area contributed by atoms with Crippen LogP contribution in [0.5, 0.6) is 11.5 Å². The molecule has 0 N–H and O–H groups in total. The molecule has 0 spiro atoms. The highest BCUT2D eigenvalue weighted by Crippen LogP contribution is 2.39. The highest BCUT2D eigenvalue weighted by Gasteiger charge is 2.31. The summed E-state index contributed by atoms with van der Waals surface area (Å²) in [6.07, 6.45) is -1.81. The van der Waals surface area contributed by atoms with Crippen LogP contribution >= 0.6 is 0 Å². The molecule has 154 valence electrons. The van der Waals surface area contributed by atoms with Crippen molar-refractivity contribution in [3.8, 4) is 22.6 Å². The van der Waals surface area contributed by atoms with E-state index in [2.05, 4.69) is 9.97 Å². The normalized spacial score (nSPS) is 13.6. The van der Waals surface area contributed by atoms with Crippen LogP contribution in [0, 0.1) is 0 Å². The molecule has 0 saturated heterocycles. The lowest BCUT2D eigenvalue weighted by atomic mass is 9.99. The van der Waals surface area contributed by atoms with Crippen LogP contribution in [0.2, 0.25) is 0 Å². The molecule has 4 rings (SSSR count). The van der Waals surface area contributed by atoms with E-state index in [0.717, 1.165) is 12.1 Å². The van der Waals surface area contributed by atoms with Gasteiger partial charge in [-0.15, -0.1) is 0 Å². The summed E-state index contributed by atoms with van der Waals surface area (Å²) in [6.45, 7) is 0.427. The molecule has 0 unspecified atom stereocenters. The predicted molar refractivity (Wildman–Crippen MR) is 101 cm³/mol. The van der Waals surface area contributed by atoms with Crippen molar-refractivity contribution >= 4 is 6.09 Å². The average Bonchev–Trinajstić information content (AvgIpc) is 2.73. The number of rotatable bonds is 4. The number of benzene rings is 2. The third kappa shape index (κ3) is 3.91. The Morgan fingerprint density at radius 1 is 1.13 bits per heavy atom. The molecule has 1 aromatic heterocycles. The first kappa shape index (κ1) is 19.7. The summed E-state index contributed by atoms with van der Waals surface area (Å²) in [5.41, 5.74) is 1.07. The number of carbonyl (C=O) groups is 1. The zero-order valence-corrected chi connectivity index (χ0v) is 15.8. The zero-order valence-electron chi connectivity index (χ0n) is 15.8. The fraction of sp³-hybridized carbons (Fsp3) is 0.190. The minimum absolute atomic E-state index is 0.104. The van der Waals surface area contributed by atoms with Gasteiger partial charge in [-0.2, -0.15) is 13.2 Å². The Hall–Kier alpha value is -3.62. The van der Waals surface area contributed by atoms with Gasteiger partial charge < -0.3 is 9.47 Å². The van der Waals surface area contributed by atoms with Crippen LogP contribution in [0.4, 0.5) is 18.0 Å². The van der Waals surface area contributed by atoms with Crippen molar-refractivity contribution in [3.63, 3.8) is 0 Å². The van der Waals surface area contributed by atoms with Gasteiger partial charge >= 0.3 is 12.3 Å². The Morgan fingerprint density at radius 2 is 1.90 bits per heavy atom. The van der Waals surface area contributed by atoms with Crippen molar-refractivity contribution in [1.82, 2.24) is 14.9 Å². The van der Waals surface area contributed by atoms with Crippen LogP contribution in [0.25, 0.3) is 11.1 Å². The van der Waals surface area contributed by atoms with Crippen LogP contribution in [0.15, 0.2) is 54.9 Å². The number of nitrogens with zero attached hydrogens (tertiary/aromatic N) is 3. The van der Waals surface area contributed by atoms with Gasteiger partial charge in [0.1, 0.15) is 17.3 Å². The first-order valence-electron chi connectivity index (χ1n) is 8.96. The second kappa shape index (κ2) is 7.66. The molecule has 1 aliphatic rings. The minimum atomic E-state index is -4.46. The third-order valence-electron chi connectivity index (χ3n) is 4.67. The zero-order chi connectivity index (χ0) is 21.3. The molecular formula is C21H16F3N3O3. The molecule has 0 radical (unpaired) electrons. The molecule has 0 aliphatic carbocycles. The largest absolute Gasteiger partial charge is 0.496 e. The number of amides is 1. The smallest absolute Gasteiger partial charge is 0.416 e. The van der Waals surface area contributed by atoms with Gasteiger partial charge in [-0.25, -0.2) is 14.8 Å². The summed E-state index contributed by atoms with van der Waals surface area (Å²) in [5.74, 6) is 0.977. The average molecular weight is 415 g/mol. The molecule has 3 aromatic rings. The molecule has 2 heterocycles. The Labute approximate surface area is 169 Å². The molecule has 9 heteroatoms. The molecule has 0 fully saturated rings. The van der Waals surface area contributed by atoms with Gasteiger partial charge in [0.15, 0.2) is 0 Å². The first-order chi connectivity index (χ1) is 14.3. The van der Waals surface area contributed by atoms with Gasteiger partial charge in [0.05, 0.1) is 25.8 Å². The van der Waals surface area contributed by atoms with E-state index in [0.29, 0.717) is 28.3 Å². The number of aromatic nitrogens is 2. The van der Waals surface area contributed by atoms with E-state index in [9.17, 15) is 18.0 Å². The van der Waals surface area contributed by atoms with E-state index in [4.69, 9.17) is 9.47 Å². The summed E-state index contributed by atoms with van der Waals surface area (Å²) in [7, 11) is 1.32. The SMILES string of the molecule is COc1cc(C(F)(F)F)ccc1-c1ccc2c(c1)CN(Cc1ncccn1)C(=O)O2. The van der Waals surface area contributed by atoms with Crippen LogP contribution in [0.1, 0.15) is 17.0 Å². The minimum Gasteiger partial charge on any atom is -0.496 e. The lowest BCUT2D eigenvalue weighted by Gasteiger charge is -2.27. The standard InChI is InChI=1S/C21H16F3N3O3/c1-29-18-10-15(21(22,23)24)4-5-16(18)13-3-6-17-14(9-13)11-27(20(28)30-17)12-19-25-7-2-8-26-19/h2-10H,11-12H2,1H3. The highest BCUT2D eigenvalue weighted by atomic mass is 19.4. The first-order valence-corrected chi connectivity index (χ1v) is 8.96. The van der Waals surface area contributed by atoms with Crippen molar-refractivity contribution in [2.75, 3.05) is 7.11 Å². The predicted octanol–water partition coefficient (Wildman–Crippen LogP) is 4.69. The van der Waals surface area contributed by atoms with E-state index in [1.165, 1.54) is 18.1 Å². The van der Waals surface area contributed by atoms with Crippen molar-refractivity contribution in [1.29, 1.82) is 0 Å². The lowest BCUT2D eigenvalue weighted by molar-refractivity contribution is -0.137. The number of fused-ring (bicyclic) bond motifs is 1. The molecule has 0 atom stereocenters. The number of hydrogen-bond donors (Lipinski definition) is 0. The van der Waals surface area contributed by atoms with Crippen molar-refractivity contribution in [2.45, 2.75) is 19.3 Å². The summed E-state index contributed by atoms with van der Waals surface area (Å²) < 4.78 is 49.6. The van der Waals surface area contributed by atoms with E-state index >= 15 is 0 Å². The summed E-state index contributed by atoms with van der Waals surface area (Å²) in [5, 5.41) is 0. The van der Waals surface area contributed by atoms with Crippen LogP contribution in [-0.4, -0.2) is 28.1 Å². The van der Waals surface area contributed by atoms with Gasteiger partial charge in [-0.1, -0.05) is 12.1 Å². The quantitative estimate of drug-likeness (QED) is 0.619. The van der Waals surface area contributed by atoms with Crippen LogP contribution in [0.3, 0.4) is 0 Å². The molecule has 1 amide bonds. The fourth-order valence-corrected chi connectivity index (χ4v) is 3.21. The third-order valence-corrected chi connectivity index (χ3v) is 4.67. The lowest BCUT2D eigenvalue weighted by Crippen LogP contribution is -2.36. The Bertz CT molecular complexity index is 1090.